The van der Waals surface area contributed by atoms with Gasteiger partial charge in [-0.3, -0.25) is 0 Å². The molecule has 3 heteroatoms. The number of ether oxygens (including phenoxy) is 1. The van der Waals surface area contributed by atoms with Crippen molar-refractivity contribution < 1.29 is 4.74 Å². The van der Waals surface area contributed by atoms with Gasteiger partial charge in [-0.15, -0.1) is 18.8 Å². The summed E-state index contributed by atoms with van der Waals surface area (Å²) in [6.45, 7) is 4.26. The van der Waals surface area contributed by atoms with Crippen LogP contribution in [0.25, 0.3) is 10.8 Å². The monoisotopic (exact) mass is 289 g/mol. The van der Waals surface area contributed by atoms with Crippen LogP contribution in [0.4, 0.5) is 0 Å². The van der Waals surface area contributed by atoms with Gasteiger partial charge in [-0.1, -0.05) is 43.2 Å². The Morgan fingerprint density at radius 3 is 2.75 bits per heavy atom. The van der Waals surface area contributed by atoms with Gasteiger partial charge in [-0.2, -0.15) is 0 Å². The molecule has 0 unspecified atom stereocenters. The van der Waals surface area contributed by atoms with Crippen LogP contribution in [0.5, 0.6) is 5.75 Å². The number of fused-ring (bicyclic) bond motifs is 1. The fraction of sp³-hybridized carbons (Fsp3) is 0.294. The predicted octanol–water partition coefficient (Wildman–Crippen LogP) is 3.77. The van der Waals surface area contributed by atoms with Crippen molar-refractivity contribution in [2.24, 2.45) is 0 Å². The number of benzene rings is 2. The lowest BCUT2D eigenvalue weighted by Crippen LogP contribution is -2.15. The number of hydrogen-bond acceptors (Lipinski definition) is 2. The molecule has 0 atom stereocenters. The molecule has 2 rings (SSSR count). The van der Waals surface area contributed by atoms with Crippen molar-refractivity contribution in [2.45, 2.75) is 19.9 Å². The van der Waals surface area contributed by atoms with Crippen LogP contribution in [0.3, 0.4) is 0 Å². The van der Waals surface area contributed by atoms with Crippen LogP contribution in [-0.4, -0.2) is 13.2 Å². The van der Waals surface area contributed by atoms with E-state index in [1.54, 1.807) is 0 Å². The van der Waals surface area contributed by atoms with Crippen molar-refractivity contribution in [1.29, 1.82) is 0 Å². The Hall–Kier alpha value is -1.69. The van der Waals surface area contributed by atoms with Gasteiger partial charge >= 0.3 is 0 Å². The topological polar surface area (TPSA) is 21.3 Å². The van der Waals surface area contributed by atoms with Crippen LogP contribution < -0.4 is 10.1 Å². The number of nitrogens with one attached hydrogen (secondary N) is 1. The Morgan fingerprint density at radius 2 is 2.00 bits per heavy atom. The van der Waals surface area contributed by atoms with Crippen molar-refractivity contribution in [3.05, 3.63) is 42.0 Å². The summed E-state index contributed by atoms with van der Waals surface area (Å²) in [5.74, 6) is 3.39. The van der Waals surface area contributed by atoms with Gasteiger partial charge in [0.05, 0.1) is 0 Å². The fourth-order valence-corrected chi connectivity index (χ4v) is 2.14. The Bertz CT molecular complexity index is 589. The summed E-state index contributed by atoms with van der Waals surface area (Å²) in [6.07, 6.45) is 6.39. The SMILES string of the molecule is C#CCOc1ccc2ccccc2c1CNCCC.Cl. The van der Waals surface area contributed by atoms with Crippen LogP contribution in [-0.2, 0) is 6.54 Å². The van der Waals surface area contributed by atoms with E-state index in [1.165, 1.54) is 16.3 Å². The lowest BCUT2D eigenvalue weighted by Gasteiger charge is -2.13. The minimum absolute atomic E-state index is 0. The fourth-order valence-electron chi connectivity index (χ4n) is 2.14. The van der Waals surface area contributed by atoms with Crippen molar-refractivity contribution in [1.82, 2.24) is 5.32 Å². The molecule has 0 heterocycles. The highest BCUT2D eigenvalue weighted by molar-refractivity contribution is 5.87. The summed E-state index contributed by atoms with van der Waals surface area (Å²) >= 11 is 0. The second-order valence-corrected chi connectivity index (χ2v) is 4.43. The van der Waals surface area contributed by atoms with Gasteiger partial charge in [0.25, 0.3) is 0 Å². The summed E-state index contributed by atoms with van der Waals surface area (Å²) in [7, 11) is 0. The first-order valence-electron chi connectivity index (χ1n) is 6.64. The van der Waals surface area contributed by atoms with Gasteiger partial charge in [0, 0.05) is 12.1 Å². The average molecular weight is 290 g/mol. The Kier molecular flexibility index (Phi) is 6.93. The molecule has 2 nitrogen and oxygen atoms in total. The van der Waals surface area contributed by atoms with Gasteiger partial charge in [0.1, 0.15) is 12.4 Å². The van der Waals surface area contributed by atoms with Gasteiger partial charge < -0.3 is 10.1 Å². The molecule has 106 valence electrons. The third-order valence-electron chi connectivity index (χ3n) is 3.04. The highest BCUT2D eigenvalue weighted by atomic mass is 35.5. The molecule has 0 aliphatic carbocycles. The minimum Gasteiger partial charge on any atom is -0.481 e. The van der Waals surface area contributed by atoms with Crippen LogP contribution in [0.2, 0.25) is 0 Å². The molecule has 0 saturated heterocycles. The highest BCUT2D eigenvalue weighted by Crippen LogP contribution is 2.28. The molecule has 0 aliphatic heterocycles. The normalized spacial score (nSPS) is 9.80. The van der Waals surface area contributed by atoms with Crippen molar-refractivity contribution in [2.75, 3.05) is 13.2 Å². The number of halogens is 1. The second kappa shape index (κ2) is 8.47. The van der Waals surface area contributed by atoms with E-state index in [1.807, 2.05) is 12.1 Å². The number of rotatable bonds is 6. The van der Waals surface area contributed by atoms with E-state index < -0.39 is 0 Å². The first-order valence-corrected chi connectivity index (χ1v) is 6.64. The third-order valence-corrected chi connectivity index (χ3v) is 3.04. The third kappa shape index (κ3) is 3.90. The van der Waals surface area contributed by atoms with Crippen molar-refractivity contribution in [3.63, 3.8) is 0 Å². The van der Waals surface area contributed by atoms with Gasteiger partial charge in [-0.25, -0.2) is 0 Å². The lowest BCUT2D eigenvalue weighted by atomic mass is 10.0. The molecule has 0 bridgehead atoms. The van der Waals surface area contributed by atoms with E-state index in [-0.39, 0.29) is 12.4 Å². The molecule has 20 heavy (non-hydrogen) atoms. The largest absolute Gasteiger partial charge is 0.481 e. The lowest BCUT2D eigenvalue weighted by molar-refractivity contribution is 0.365. The Morgan fingerprint density at radius 1 is 1.20 bits per heavy atom. The van der Waals surface area contributed by atoms with Gasteiger partial charge in [0.2, 0.25) is 0 Å². The molecule has 0 aromatic heterocycles. The summed E-state index contributed by atoms with van der Waals surface area (Å²) in [5.41, 5.74) is 1.18. The van der Waals surface area contributed by atoms with Crippen LogP contribution in [0.1, 0.15) is 18.9 Å². The molecule has 2 aromatic rings. The molecule has 0 saturated carbocycles. The molecule has 0 amide bonds. The standard InChI is InChI=1S/C17H19NO.ClH/c1-3-11-18-13-16-15-8-6-5-7-14(15)9-10-17(16)19-12-4-2;/h2,5-10,18H,3,11-13H2,1H3;1H. The van der Waals surface area contributed by atoms with E-state index in [0.717, 1.165) is 25.3 Å². The Labute approximate surface area is 126 Å². The van der Waals surface area contributed by atoms with Crippen LogP contribution in [0, 0.1) is 12.3 Å². The maximum absolute atomic E-state index is 5.65. The molecular weight excluding hydrogens is 270 g/mol. The second-order valence-electron chi connectivity index (χ2n) is 4.43. The molecule has 0 aliphatic rings. The molecule has 0 fully saturated rings. The summed E-state index contributed by atoms with van der Waals surface area (Å²) in [6, 6.07) is 12.4. The first kappa shape index (κ1) is 16.4. The summed E-state index contributed by atoms with van der Waals surface area (Å²) in [5, 5.41) is 5.88. The maximum atomic E-state index is 5.65. The van der Waals surface area contributed by atoms with Crippen molar-refractivity contribution >= 4 is 23.2 Å². The van der Waals surface area contributed by atoms with E-state index in [4.69, 9.17) is 11.2 Å². The highest BCUT2D eigenvalue weighted by Gasteiger charge is 2.08. The van der Waals surface area contributed by atoms with E-state index in [0.29, 0.717) is 6.61 Å². The van der Waals surface area contributed by atoms with Gasteiger partial charge in [0.15, 0.2) is 0 Å². The number of terminal acetylenes is 1. The molecule has 0 spiro atoms. The van der Waals surface area contributed by atoms with E-state index >= 15 is 0 Å². The quantitative estimate of drug-likeness (QED) is 0.645. The summed E-state index contributed by atoms with van der Waals surface area (Å²) < 4.78 is 5.65. The Balaban J connectivity index is 0.00000200. The zero-order chi connectivity index (χ0) is 13.5. The smallest absolute Gasteiger partial charge is 0.148 e. The summed E-state index contributed by atoms with van der Waals surface area (Å²) in [4.78, 5) is 0. The van der Waals surface area contributed by atoms with Crippen LogP contribution >= 0.6 is 12.4 Å². The number of hydrogen-bond donors (Lipinski definition) is 1. The molecule has 0 radical (unpaired) electrons. The average Bonchev–Trinajstić information content (AvgIpc) is 2.46. The maximum Gasteiger partial charge on any atom is 0.148 e. The minimum atomic E-state index is 0. The van der Waals surface area contributed by atoms with Crippen LogP contribution in [0.15, 0.2) is 36.4 Å². The van der Waals surface area contributed by atoms with Gasteiger partial charge in [-0.05, 0) is 29.8 Å². The molecular formula is C17H20ClNO. The molecule has 2 aromatic carbocycles. The molecule has 1 N–H and O–H groups in total. The predicted molar refractivity (Wildman–Crippen MR) is 87.5 cm³/mol. The zero-order valence-electron chi connectivity index (χ0n) is 11.7. The van der Waals surface area contributed by atoms with E-state index in [9.17, 15) is 0 Å². The van der Waals surface area contributed by atoms with E-state index in [2.05, 4.69) is 42.4 Å². The zero-order valence-corrected chi connectivity index (χ0v) is 12.5. The van der Waals surface area contributed by atoms with Crippen molar-refractivity contribution in [3.8, 4) is 18.1 Å². The first-order chi connectivity index (χ1) is 9.36.